The van der Waals surface area contributed by atoms with Crippen molar-refractivity contribution in [3.05, 3.63) is 112 Å². The molecule has 178 valence electrons. The molecule has 0 amide bonds. The first-order chi connectivity index (χ1) is 17.3. The Morgan fingerprint density at radius 3 is 2.33 bits per heavy atom. The molecular weight excluding hydrogens is 469 g/mol. The third kappa shape index (κ3) is 4.11. The average molecular weight is 486 g/mol. The van der Waals surface area contributed by atoms with Crippen LogP contribution >= 0.6 is 0 Å². The number of nitrogens with zero attached hydrogens (tertiary/aromatic N) is 6. The summed E-state index contributed by atoms with van der Waals surface area (Å²) in [6, 6.07) is 14.7. The van der Waals surface area contributed by atoms with E-state index in [4.69, 9.17) is 6.57 Å². The molecule has 10 heteroatoms. The van der Waals surface area contributed by atoms with Gasteiger partial charge in [-0.05, 0) is 53.4 Å². The molecule has 0 saturated carbocycles. The van der Waals surface area contributed by atoms with E-state index in [1.807, 2.05) is 12.1 Å². The molecule has 4 aromatic heterocycles. The molecule has 0 fully saturated rings. The van der Waals surface area contributed by atoms with Crippen LogP contribution in [-0.2, 0) is 12.7 Å². The Morgan fingerprint density at radius 2 is 1.69 bits per heavy atom. The van der Waals surface area contributed by atoms with Crippen LogP contribution in [0.25, 0.3) is 32.7 Å². The lowest BCUT2D eigenvalue weighted by atomic mass is 9.96. The van der Waals surface area contributed by atoms with Crippen molar-refractivity contribution < 1.29 is 13.2 Å². The molecule has 0 aliphatic heterocycles. The predicted molar refractivity (Wildman–Crippen MR) is 127 cm³/mol. The zero-order chi connectivity index (χ0) is 25.4. The van der Waals surface area contributed by atoms with Gasteiger partial charge in [-0.3, -0.25) is 4.98 Å². The van der Waals surface area contributed by atoms with Crippen molar-refractivity contribution in [1.29, 1.82) is 0 Å². The van der Waals surface area contributed by atoms with Crippen molar-refractivity contribution in [2.24, 2.45) is 0 Å². The summed E-state index contributed by atoms with van der Waals surface area (Å²) >= 11 is 0. The molecular formula is C26H17F3N6O. The van der Waals surface area contributed by atoms with Gasteiger partial charge in [-0.15, -0.1) is 5.10 Å². The monoisotopic (exact) mass is 486 g/mol. The Bertz CT molecular complexity index is 1680. The summed E-state index contributed by atoms with van der Waals surface area (Å²) in [6.07, 6.45) is 0.335. The van der Waals surface area contributed by atoms with Crippen LogP contribution in [0.15, 0.2) is 78.0 Å². The fraction of sp³-hybridized carbons (Fsp3) is 0.115. The van der Waals surface area contributed by atoms with Gasteiger partial charge in [0, 0.05) is 29.8 Å². The Balaban J connectivity index is 1.67. The summed E-state index contributed by atoms with van der Waals surface area (Å²) in [7, 11) is 0. The maximum atomic E-state index is 13.2. The van der Waals surface area contributed by atoms with Crippen LogP contribution in [-0.4, -0.2) is 24.1 Å². The van der Waals surface area contributed by atoms with E-state index in [1.54, 1.807) is 48.9 Å². The maximum absolute atomic E-state index is 13.2. The minimum atomic E-state index is -4.55. The van der Waals surface area contributed by atoms with E-state index < -0.39 is 17.6 Å². The van der Waals surface area contributed by atoms with Gasteiger partial charge in [-0.25, -0.2) is 23.7 Å². The lowest BCUT2D eigenvalue weighted by molar-refractivity contribution is -0.141. The molecule has 0 N–H and O–H groups in total. The summed E-state index contributed by atoms with van der Waals surface area (Å²) in [6.45, 7) is 8.62. The number of hydrogen-bond donors (Lipinski definition) is 0. The Hall–Kier alpha value is -4.78. The summed E-state index contributed by atoms with van der Waals surface area (Å²) in [5.41, 5.74) is 3.20. The molecule has 0 bridgehead atoms. The standard InChI is InChI=1S/C26H17F3N6O/c1-16-19(5-8-22(32-16)26(27,28)29)15-35-25(36)34-14-11-21(17-3-6-20(30-2)7-4-17)23(24(34)33-35)18-9-12-31-13-10-18/h3-14H,15H2,1H3. The van der Waals surface area contributed by atoms with Crippen molar-refractivity contribution in [2.45, 2.75) is 19.6 Å². The molecule has 7 nitrogen and oxygen atoms in total. The third-order valence-electron chi connectivity index (χ3n) is 5.84. The first kappa shape index (κ1) is 23.0. The summed E-state index contributed by atoms with van der Waals surface area (Å²) < 4.78 is 41.6. The molecule has 0 aliphatic rings. The quantitative estimate of drug-likeness (QED) is 0.313. The molecule has 5 rings (SSSR count). The van der Waals surface area contributed by atoms with Crippen LogP contribution in [0, 0.1) is 13.5 Å². The van der Waals surface area contributed by atoms with Crippen LogP contribution in [0.3, 0.4) is 0 Å². The second-order valence-electron chi connectivity index (χ2n) is 8.07. The first-order valence-corrected chi connectivity index (χ1v) is 10.8. The Morgan fingerprint density at radius 1 is 0.972 bits per heavy atom. The van der Waals surface area contributed by atoms with E-state index in [1.165, 1.54) is 22.1 Å². The van der Waals surface area contributed by atoms with E-state index in [0.717, 1.165) is 22.8 Å². The number of benzene rings is 1. The van der Waals surface area contributed by atoms with Crippen LogP contribution in [0.5, 0.6) is 0 Å². The highest BCUT2D eigenvalue weighted by Crippen LogP contribution is 2.35. The Labute approximate surface area is 202 Å². The number of hydrogen-bond acceptors (Lipinski definition) is 4. The largest absolute Gasteiger partial charge is 0.433 e. The zero-order valence-electron chi connectivity index (χ0n) is 18.9. The predicted octanol–water partition coefficient (Wildman–Crippen LogP) is 5.55. The van der Waals surface area contributed by atoms with Gasteiger partial charge in [0.15, 0.2) is 11.3 Å². The number of pyridine rings is 3. The van der Waals surface area contributed by atoms with E-state index in [0.29, 0.717) is 22.5 Å². The van der Waals surface area contributed by atoms with Gasteiger partial charge >= 0.3 is 11.9 Å². The molecule has 0 unspecified atom stereocenters. The SMILES string of the molecule is [C-]#[N+]c1ccc(-c2ccn3c(=O)n(Cc4ccc(C(F)(F)F)nc4C)nc3c2-c2ccncc2)cc1. The minimum absolute atomic E-state index is 0.0394. The number of rotatable bonds is 4. The second kappa shape index (κ2) is 8.78. The van der Waals surface area contributed by atoms with E-state index in [-0.39, 0.29) is 12.2 Å². The molecule has 36 heavy (non-hydrogen) atoms. The summed E-state index contributed by atoms with van der Waals surface area (Å²) in [5.74, 6) is 0. The van der Waals surface area contributed by atoms with Crippen LogP contribution < -0.4 is 5.69 Å². The van der Waals surface area contributed by atoms with Crippen LogP contribution in [0.4, 0.5) is 18.9 Å². The average Bonchev–Trinajstić information content (AvgIpc) is 3.19. The first-order valence-electron chi connectivity index (χ1n) is 10.8. The highest BCUT2D eigenvalue weighted by atomic mass is 19.4. The number of halogens is 3. The van der Waals surface area contributed by atoms with Crippen molar-refractivity contribution >= 4 is 11.3 Å². The summed E-state index contributed by atoms with van der Waals surface area (Å²) in [4.78, 5) is 24.4. The van der Waals surface area contributed by atoms with Crippen molar-refractivity contribution in [3.63, 3.8) is 0 Å². The van der Waals surface area contributed by atoms with Gasteiger partial charge in [0.25, 0.3) is 0 Å². The fourth-order valence-corrected chi connectivity index (χ4v) is 4.02. The maximum Gasteiger partial charge on any atom is 0.433 e. The molecule has 4 heterocycles. The number of fused-ring (bicyclic) bond motifs is 1. The van der Waals surface area contributed by atoms with Crippen LogP contribution in [0.1, 0.15) is 17.0 Å². The van der Waals surface area contributed by atoms with Gasteiger partial charge in [0.05, 0.1) is 13.1 Å². The lowest BCUT2D eigenvalue weighted by Crippen LogP contribution is -2.22. The van der Waals surface area contributed by atoms with Gasteiger partial charge in [0.2, 0.25) is 0 Å². The van der Waals surface area contributed by atoms with Crippen molar-refractivity contribution in [3.8, 4) is 22.3 Å². The van der Waals surface area contributed by atoms with E-state index >= 15 is 0 Å². The highest BCUT2D eigenvalue weighted by molar-refractivity contribution is 5.91. The third-order valence-corrected chi connectivity index (χ3v) is 5.84. The Kier molecular flexibility index (Phi) is 5.60. The zero-order valence-corrected chi connectivity index (χ0v) is 18.9. The van der Waals surface area contributed by atoms with E-state index in [2.05, 4.69) is 19.9 Å². The smallest absolute Gasteiger partial charge is 0.265 e. The fourth-order valence-electron chi connectivity index (χ4n) is 4.02. The molecule has 1 aromatic carbocycles. The second-order valence-corrected chi connectivity index (χ2v) is 8.07. The van der Waals surface area contributed by atoms with Crippen molar-refractivity contribution in [2.75, 3.05) is 0 Å². The highest BCUT2D eigenvalue weighted by Gasteiger charge is 2.32. The number of alkyl halides is 3. The molecule has 0 radical (unpaired) electrons. The lowest BCUT2D eigenvalue weighted by Gasteiger charge is -2.11. The molecule has 5 aromatic rings. The number of aryl methyl sites for hydroxylation is 1. The molecule has 0 atom stereocenters. The van der Waals surface area contributed by atoms with E-state index in [9.17, 15) is 18.0 Å². The molecule has 0 aliphatic carbocycles. The van der Waals surface area contributed by atoms with Gasteiger partial charge < -0.3 is 0 Å². The minimum Gasteiger partial charge on any atom is -0.265 e. The van der Waals surface area contributed by atoms with Gasteiger partial charge in [-0.2, -0.15) is 13.2 Å². The number of aromatic nitrogens is 5. The normalized spacial score (nSPS) is 11.5. The van der Waals surface area contributed by atoms with Gasteiger partial charge in [-0.1, -0.05) is 30.3 Å². The molecule has 0 saturated heterocycles. The van der Waals surface area contributed by atoms with Gasteiger partial charge in [0.1, 0.15) is 5.69 Å². The summed E-state index contributed by atoms with van der Waals surface area (Å²) in [5, 5.41) is 4.56. The van der Waals surface area contributed by atoms with Crippen molar-refractivity contribution in [1.82, 2.24) is 24.1 Å². The molecule has 0 spiro atoms. The van der Waals surface area contributed by atoms with Crippen LogP contribution in [0.2, 0.25) is 0 Å². The topological polar surface area (TPSA) is 69.4 Å².